The third kappa shape index (κ3) is 3.72. The quantitative estimate of drug-likeness (QED) is 0.405. The summed E-state index contributed by atoms with van der Waals surface area (Å²) < 4.78 is 0. The molecule has 2 heteroatoms. The molecule has 0 aliphatic rings. The zero-order chi connectivity index (χ0) is 19.9. The van der Waals surface area contributed by atoms with Crippen molar-refractivity contribution in [2.75, 3.05) is 0 Å². The smallest absolute Gasteiger partial charge is 0.00158 e. The standard InChI is InChI=1S/C25H34P2/c1-16-17(2)21(6)26(20(16)5)14-25(24-12-10-9-11-13-24)15-27-22(7)18(3)19(4)23(27)8/h9-13,25H,14-15H2,1-8H3. The summed E-state index contributed by atoms with van der Waals surface area (Å²) in [5.74, 6) is 0.649. The van der Waals surface area contributed by atoms with Crippen LogP contribution in [0.5, 0.6) is 0 Å². The van der Waals surface area contributed by atoms with Crippen LogP contribution in [-0.4, -0.2) is 0 Å². The van der Waals surface area contributed by atoms with Gasteiger partial charge in [-0.3, -0.25) is 0 Å². The largest absolute Gasteiger partial charge is 0.118 e. The van der Waals surface area contributed by atoms with Gasteiger partial charge in [-0.2, -0.15) is 0 Å². The highest BCUT2D eigenvalue weighted by Gasteiger charge is 2.22. The molecule has 0 amide bonds. The van der Waals surface area contributed by atoms with E-state index < -0.39 is 0 Å². The Labute approximate surface area is 168 Å². The first-order valence-electron chi connectivity index (χ1n) is 10.0. The fourth-order valence-electron chi connectivity index (χ4n) is 4.38. The Bertz CT molecular complexity index is 843. The van der Waals surface area contributed by atoms with Gasteiger partial charge in [0, 0.05) is 0 Å². The lowest BCUT2D eigenvalue weighted by Gasteiger charge is -2.21. The van der Waals surface area contributed by atoms with E-state index in [-0.39, 0.29) is 15.1 Å². The Morgan fingerprint density at radius 1 is 0.556 bits per heavy atom. The molecule has 0 unspecified atom stereocenters. The summed E-state index contributed by atoms with van der Waals surface area (Å²) in [6.45, 7) is 18.8. The molecule has 0 saturated heterocycles. The van der Waals surface area contributed by atoms with E-state index in [1.54, 1.807) is 43.4 Å². The van der Waals surface area contributed by atoms with Crippen molar-refractivity contribution >= 4 is 15.1 Å². The highest BCUT2D eigenvalue weighted by molar-refractivity contribution is 7.51. The molecule has 2 aromatic heterocycles. The van der Waals surface area contributed by atoms with E-state index in [2.05, 4.69) is 85.7 Å². The zero-order valence-electron chi connectivity index (χ0n) is 18.3. The minimum atomic E-state index is -0.143. The number of rotatable bonds is 5. The van der Waals surface area contributed by atoms with Gasteiger partial charge in [0.2, 0.25) is 0 Å². The third-order valence-electron chi connectivity index (χ3n) is 6.99. The number of hydrogen-bond donors (Lipinski definition) is 0. The van der Waals surface area contributed by atoms with Gasteiger partial charge in [-0.15, -0.1) is 15.1 Å². The second-order valence-electron chi connectivity index (χ2n) is 8.17. The molecule has 0 spiro atoms. The van der Waals surface area contributed by atoms with Crippen molar-refractivity contribution in [3.63, 3.8) is 0 Å². The lowest BCUT2D eigenvalue weighted by atomic mass is 10.0. The molecule has 0 N–H and O–H groups in total. The Morgan fingerprint density at radius 3 is 1.22 bits per heavy atom. The molecule has 27 heavy (non-hydrogen) atoms. The monoisotopic (exact) mass is 396 g/mol. The third-order valence-corrected chi connectivity index (χ3v) is 13.2. The first-order valence-corrected chi connectivity index (χ1v) is 13.1. The van der Waals surface area contributed by atoms with Gasteiger partial charge in [0.15, 0.2) is 0 Å². The van der Waals surface area contributed by atoms with Crippen molar-refractivity contribution in [3.05, 3.63) is 79.3 Å². The molecule has 0 fully saturated rings. The predicted octanol–water partition coefficient (Wildman–Crippen LogP) is 8.61. The Hall–Kier alpha value is -1.22. The molecule has 0 nitrogen and oxygen atoms in total. The minimum Gasteiger partial charge on any atom is -0.118 e. The second-order valence-corrected chi connectivity index (χ2v) is 13.3. The van der Waals surface area contributed by atoms with Crippen molar-refractivity contribution in [1.82, 2.24) is 0 Å². The maximum absolute atomic E-state index is 2.38. The van der Waals surface area contributed by atoms with E-state index >= 15 is 0 Å². The molecule has 3 aromatic rings. The average molecular weight is 396 g/mol. The van der Waals surface area contributed by atoms with E-state index in [4.69, 9.17) is 0 Å². The van der Waals surface area contributed by atoms with Crippen molar-refractivity contribution < 1.29 is 0 Å². The summed E-state index contributed by atoms with van der Waals surface area (Å²) in [5, 5.41) is 6.64. The maximum atomic E-state index is 2.38. The van der Waals surface area contributed by atoms with Gasteiger partial charge in [-0.25, -0.2) is 0 Å². The molecular formula is C25H34P2. The van der Waals surface area contributed by atoms with E-state index in [1.165, 1.54) is 17.9 Å². The van der Waals surface area contributed by atoms with Crippen LogP contribution in [0.25, 0.3) is 0 Å². The van der Waals surface area contributed by atoms with Crippen LogP contribution >= 0.6 is 15.1 Å². The molecule has 0 radical (unpaired) electrons. The van der Waals surface area contributed by atoms with E-state index in [0.29, 0.717) is 5.92 Å². The van der Waals surface area contributed by atoms with E-state index in [1.807, 2.05) is 0 Å². The average Bonchev–Trinajstić information content (AvgIpc) is 2.97. The van der Waals surface area contributed by atoms with Crippen LogP contribution in [0, 0.1) is 55.4 Å². The summed E-state index contributed by atoms with van der Waals surface area (Å²) in [4.78, 5) is 0. The highest BCUT2D eigenvalue weighted by Crippen LogP contribution is 2.53. The lowest BCUT2D eigenvalue weighted by Crippen LogP contribution is -2.00. The van der Waals surface area contributed by atoms with Gasteiger partial charge < -0.3 is 0 Å². The van der Waals surface area contributed by atoms with Gasteiger partial charge in [-0.1, -0.05) is 30.3 Å². The van der Waals surface area contributed by atoms with Gasteiger partial charge in [-0.05, 0) is 123 Å². The Kier molecular flexibility index (Phi) is 6.10. The van der Waals surface area contributed by atoms with Crippen molar-refractivity contribution in [2.24, 2.45) is 0 Å². The van der Waals surface area contributed by atoms with Crippen molar-refractivity contribution in [2.45, 2.75) is 73.6 Å². The van der Waals surface area contributed by atoms with Crippen LogP contribution < -0.4 is 0 Å². The summed E-state index contributed by atoms with van der Waals surface area (Å²) in [7, 11) is -0.285. The second kappa shape index (κ2) is 8.03. The molecule has 3 rings (SSSR count). The summed E-state index contributed by atoms with van der Waals surface area (Å²) >= 11 is 0. The van der Waals surface area contributed by atoms with Crippen LogP contribution in [-0.2, 0) is 12.3 Å². The van der Waals surface area contributed by atoms with Crippen LogP contribution in [0.15, 0.2) is 30.3 Å². The Balaban J connectivity index is 2.04. The van der Waals surface area contributed by atoms with Gasteiger partial charge >= 0.3 is 0 Å². The SMILES string of the molecule is Cc1c(C)c(C)p(CC(Cp2c(C)c(C)c(C)c2C)c2ccccc2)c1C. The summed E-state index contributed by atoms with van der Waals surface area (Å²) in [6.07, 6.45) is 2.62. The first-order chi connectivity index (χ1) is 12.7. The Morgan fingerprint density at radius 2 is 0.889 bits per heavy atom. The number of benzene rings is 1. The van der Waals surface area contributed by atoms with Crippen LogP contribution in [0.2, 0.25) is 0 Å². The fourth-order valence-corrected chi connectivity index (χ4v) is 10.5. The summed E-state index contributed by atoms with van der Waals surface area (Å²) in [6, 6.07) is 11.3. The molecule has 0 atom stereocenters. The van der Waals surface area contributed by atoms with Crippen LogP contribution in [0.1, 0.15) is 54.9 Å². The topological polar surface area (TPSA) is 0 Å². The zero-order valence-corrected chi connectivity index (χ0v) is 20.1. The van der Waals surface area contributed by atoms with Crippen LogP contribution in [0.3, 0.4) is 0 Å². The molecule has 2 heterocycles. The highest BCUT2D eigenvalue weighted by atomic mass is 31.1. The van der Waals surface area contributed by atoms with Gasteiger partial charge in [0.25, 0.3) is 0 Å². The van der Waals surface area contributed by atoms with Crippen molar-refractivity contribution in [1.29, 1.82) is 0 Å². The van der Waals surface area contributed by atoms with Gasteiger partial charge in [0.1, 0.15) is 0 Å². The molecule has 0 bridgehead atoms. The first kappa shape index (κ1) is 20.5. The van der Waals surface area contributed by atoms with Gasteiger partial charge in [0.05, 0.1) is 0 Å². The molecule has 0 aliphatic heterocycles. The van der Waals surface area contributed by atoms with E-state index in [0.717, 1.165) is 0 Å². The predicted molar refractivity (Wildman–Crippen MR) is 125 cm³/mol. The molecule has 0 aliphatic carbocycles. The normalized spacial score (nSPS) is 11.6. The maximum Gasteiger partial charge on any atom is -0.00158 e. The van der Waals surface area contributed by atoms with Crippen LogP contribution in [0.4, 0.5) is 0 Å². The number of hydrogen-bond acceptors (Lipinski definition) is 0. The lowest BCUT2D eigenvalue weighted by molar-refractivity contribution is 0.791. The molecule has 144 valence electrons. The molecule has 1 aromatic carbocycles. The minimum absolute atomic E-state index is 0.143. The molecular weight excluding hydrogens is 362 g/mol. The molecule has 0 saturated carbocycles. The van der Waals surface area contributed by atoms with Crippen molar-refractivity contribution in [3.8, 4) is 0 Å². The summed E-state index contributed by atoms with van der Waals surface area (Å²) in [5.41, 5.74) is 7.74. The van der Waals surface area contributed by atoms with E-state index in [9.17, 15) is 0 Å². The fraction of sp³-hybridized carbons (Fsp3) is 0.440.